The van der Waals surface area contributed by atoms with Crippen LogP contribution in [0.3, 0.4) is 0 Å². The number of fused-ring (bicyclic) bond motifs is 1. The van der Waals surface area contributed by atoms with Crippen molar-refractivity contribution in [1.82, 2.24) is 5.32 Å². The molecule has 0 unspecified atom stereocenters. The minimum absolute atomic E-state index is 0.224. The molecule has 1 aromatic rings. The first-order valence-electron chi connectivity index (χ1n) is 6.03. The smallest absolute Gasteiger partial charge is 0.239 e. The van der Waals surface area contributed by atoms with Crippen molar-refractivity contribution in [3.05, 3.63) is 22.7 Å². The fourth-order valence-electron chi connectivity index (χ4n) is 1.68. The fourth-order valence-corrected chi connectivity index (χ4v) is 1.96. The average molecular weight is 285 g/mol. The van der Waals surface area contributed by atoms with Crippen molar-refractivity contribution in [2.45, 2.75) is 25.9 Å². The first kappa shape index (κ1) is 14.0. The number of nitrogens with two attached hydrogens (primary N) is 1. The van der Waals surface area contributed by atoms with E-state index in [1.54, 1.807) is 19.9 Å². The highest BCUT2D eigenvalue weighted by Crippen LogP contribution is 2.38. The quantitative estimate of drug-likeness (QED) is 0.881. The van der Waals surface area contributed by atoms with Crippen molar-refractivity contribution >= 4 is 17.5 Å². The number of carbonyl (C=O) groups excluding carboxylic acids is 1. The second-order valence-electron chi connectivity index (χ2n) is 5.01. The zero-order chi connectivity index (χ0) is 14.0. The second kappa shape index (κ2) is 5.27. The molecule has 1 amide bonds. The van der Waals surface area contributed by atoms with Gasteiger partial charge in [0.25, 0.3) is 0 Å². The zero-order valence-electron chi connectivity index (χ0n) is 11.0. The monoisotopic (exact) mass is 284 g/mol. The van der Waals surface area contributed by atoms with Crippen LogP contribution in [-0.2, 0) is 11.3 Å². The van der Waals surface area contributed by atoms with E-state index >= 15 is 0 Å². The Morgan fingerprint density at radius 3 is 2.79 bits per heavy atom. The summed E-state index contributed by atoms with van der Waals surface area (Å²) in [5.74, 6) is 0.940. The highest BCUT2D eigenvalue weighted by molar-refractivity contribution is 6.32. The van der Waals surface area contributed by atoms with Gasteiger partial charge in [0.05, 0.1) is 10.6 Å². The topological polar surface area (TPSA) is 73.6 Å². The Balaban J connectivity index is 2.10. The van der Waals surface area contributed by atoms with E-state index in [0.717, 1.165) is 5.56 Å². The van der Waals surface area contributed by atoms with Crippen LogP contribution in [0.2, 0.25) is 5.02 Å². The maximum Gasteiger partial charge on any atom is 0.239 e. The lowest BCUT2D eigenvalue weighted by atomic mass is 10.1. The van der Waals surface area contributed by atoms with Gasteiger partial charge in [-0.3, -0.25) is 4.79 Å². The minimum atomic E-state index is -0.905. The van der Waals surface area contributed by atoms with Gasteiger partial charge in [0, 0.05) is 6.54 Å². The van der Waals surface area contributed by atoms with Crippen molar-refractivity contribution in [3.63, 3.8) is 0 Å². The summed E-state index contributed by atoms with van der Waals surface area (Å²) in [6.07, 6.45) is 0. The largest absolute Gasteiger partial charge is 0.486 e. The van der Waals surface area contributed by atoms with Crippen LogP contribution in [0.15, 0.2) is 12.1 Å². The summed E-state index contributed by atoms with van der Waals surface area (Å²) in [7, 11) is 0. The molecule has 2 rings (SSSR count). The van der Waals surface area contributed by atoms with Gasteiger partial charge in [-0.2, -0.15) is 0 Å². The Bertz CT molecular complexity index is 497. The van der Waals surface area contributed by atoms with Gasteiger partial charge >= 0.3 is 0 Å². The molecule has 5 nitrogen and oxygen atoms in total. The second-order valence-corrected chi connectivity index (χ2v) is 5.41. The predicted molar refractivity (Wildman–Crippen MR) is 72.6 cm³/mol. The number of hydrogen-bond donors (Lipinski definition) is 2. The van der Waals surface area contributed by atoms with E-state index in [1.165, 1.54) is 0 Å². The van der Waals surface area contributed by atoms with Gasteiger partial charge < -0.3 is 20.5 Å². The lowest BCUT2D eigenvalue weighted by Gasteiger charge is -2.21. The van der Waals surface area contributed by atoms with Gasteiger partial charge in [-0.1, -0.05) is 11.6 Å². The normalized spacial score (nSPS) is 14.1. The Morgan fingerprint density at radius 2 is 2.11 bits per heavy atom. The molecule has 0 radical (unpaired) electrons. The summed E-state index contributed by atoms with van der Waals surface area (Å²) < 4.78 is 10.9. The Hall–Kier alpha value is -1.46. The van der Waals surface area contributed by atoms with Gasteiger partial charge in [-0.25, -0.2) is 0 Å². The minimum Gasteiger partial charge on any atom is -0.486 e. The number of amides is 1. The van der Waals surface area contributed by atoms with E-state index in [9.17, 15) is 4.79 Å². The van der Waals surface area contributed by atoms with Crippen LogP contribution in [0, 0.1) is 0 Å². The molecule has 3 N–H and O–H groups in total. The summed E-state index contributed by atoms with van der Waals surface area (Å²) >= 11 is 6.11. The molecule has 0 atom stereocenters. The third kappa shape index (κ3) is 3.30. The number of hydrogen-bond acceptors (Lipinski definition) is 4. The number of benzene rings is 1. The first-order valence-corrected chi connectivity index (χ1v) is 6.41. The molecule has 0 aliphatic carbocycles. The molecule has 6 heteroatoms. The van der Waals surface area contributed by atoms with Crippen LogP contribution in [-0.4, -0.2) is 24.7 Å². The van der Waals surface area contributed by atoms with Gasteiger partial charge in [0.15, 0.2) is 11.5 Å². The molecule has 1 heterocycles. The van der Waals surface area contributed by atoms with Crippen molar-refractivity contribution in [2.75, 3.05) is 13.2 Å². The van der Waals surface area contributed by atoms with E-state index in [4.69, 9.17) is 26.8 Å². The van der Waals surface area contributed by atoms with E-state index in [0.29, 0.717) is 36.3 Å². The number of ether oxygens (including phenoxy) is 2. The standard InChI is InChI=1S/C13H17ClN2O3/c1-13(2,15)12(17)16-7-8-5-9(14)11-10(6-8)18-3-4-19-11/h5-6H,3-4,7,15H2,1-2H3,(H,16,17). The SMILES string of the molecule is CC(C)(N)C(=O)NCc1cc(Cl)c2c(c1)OCCO2. The zero-order valence-corrected chi connectivity index (χ0v) is 11.7. The van der Waals surface area contributed by atoms with Crippen molar-refractivity contribution in [3.8, 4) is 11.5 Å². The summed E-state index contributed by atoms with van der Waals surface area (Å²) in [6, 6.07) is 3.56. The molecular weight excluding hydrogens is 268 g/mol. The van der Waals surface area contributed by atoms with Crippen molar-refractivity contribution in [2.24, 2.45) is 5.73 Å². The van der Waals surface area contributed by atoms with E-state index in [-0.39, 0.29) is 5.91 Å². The molecule has 0 spiro atoms. The third-order valence-electron chi connectivity index (χ3n) is 2.69. The van der Waals surface area contributed by atoms with Gasteiger partial charge in [-0.15, -0.1) is 0 Å². The molecule has 0 bridgehead atoms. The molecule has 1 aliphatic rings. The van der Waals surface area contributed by atoms with Crippen molar-refractivity contribution in [1.29, 1.82) is 0 Å². The first-order chi connectivity index (χ1) is 8.88. The molecular formula is C13H17ClN2O3. The van der Waals surface area contributed by atoms with Crippen LogP contribution in [0.1, 0.15) is 19.4 Å². The van der Waals surface area contributed by atoms with Gasteiger partial charge in [-0.05, 0) is 31.5 Å². The molecule has 0 saturated heterocycles. The van der Waals surface area contributed by atoms with Crippen LogP contribution in [0.5, 0.6) is 11.5 Å². The predicted octanol–water partition coefficient (Wildman–Crippen LogP) is 1.46. The van der Waals surface area contributed by atoms with Crippen LogP contribution >= 0.6 is 11.6 Å². The van der Waals surface area contributed by atoms with E-state index < -0.39 is 5.54 Å². The lowest BCUT2D eigenvalue weighted by Crippen LogP contribution is -2.48. The maximum absolute atomic E-state index is 11.7. The molecule has 1 aliphatic heterocycles. The summed E-state index contributed by atoms with van der Waals surface area (Å²) in [5, 5.41) is 3.23. The number of rotatable bonds is 3. The molecule has 0 fully saturated rings. The molecule has 104 valence electrons. The molecule has 0 aromatic heterocycles. The lowest BCUT2D eigenvalue weighted by molar-refractivity contribution is -0.125. The Kier molecular flexibility index (Phi) is 3.87. The summed E-state index contributed by atoms with van der Waals surface area (Å²) in [5.41, 5.74) is 5.64. The van der Waals surface area contributed by atoms with Crippen LogP contribution in [0.4, 0.5) is 0 Å². The van der Waals surface area contributed by atoms with E-state index in [2.05, 4.69) is 5.32 Å². The van der Waals surface area contributed by atoms with Gasteiger partial charge in [0.2, 0.25) is 5.91 Å². The fraction of sp³-hybridized carbons (Fsp3) is 0.462. The van der Waals surface area contributed by atoms with Gasteiger partial charge in [0.1, 0.15) is 13.2 Å². The van der Waals surface area contributed by atoms with E-state index in [1.807, 2.05) is 6.07 Å². The summed E-state index contributed by atoms with van der Waals surface area (Å²) in [6.45, 7) is 4.63. The highest BCUT2D eigenvalue weighted by atomic mass is 35.5. The molecule has 19 heavy (non-hydrogen) atoms. The number of nitrogens with one attached hydrogen (secondary N) is 1. The van der Waals surface area contributed by atoms with Crippen LogP contribution in [0.25, 0.3) is 0 Å². The molecule has 1 aromatic carbocycles. The average Bonchev–Trinajstić information content (AvgIpc) is 2.35. The maximum atomic E-state index is 11.7. The number of halogens is 1. The third-order valence-corrected chi connectivity index (χ3v) is 2.98. The molecule has 0 saturated carbocycles. The van der Waals surface area contributed by atoms with Crippen molar-refractivity contribution < 1.29 is 14.3 Å². The Labute approximate surface area is 117 Å². The summed E-state index contributed by atoms with van der Waals surface area (Å²) in [4.78, 5) is 11.7. The van der Waals surface area contributed by atoms with Crippen LogP contribution < -0.4 is 20.5 Å². The highest BCUT2D eigenvalue weighted by Gasteiger charge is 2.22. The number of carbonyl (C=O) groups is 1. The Morgan fingerprint density at radius 1 is 1.42 bits per heavy atom.